The summed E-state index contributed by atoms with van der Waals surface area (Å²) in [5, 5.41) is 4.26. The minimum atomic E-state index is 0.641. The molecule has 1 heterocycles. The van der Waals surface area contributed by atoms with Crippen LogP contribution in [0.15, 0.2) is 61.2 Å². The van der Waals surface area contributed by atoms with Crippen LogP contribution in [0.2, 0.25) is 0 Å². The van der Waals surface area contributed by atoms with E-state index in [1.165, 1.54) is 0 Å². The largest absolute Gasteiger partial charge is 0.496 e. The molecule has 1 N–H and O–H groups in total. The molecular formula is C18H17N3O. The van der Waals surface area contributed by atoms with Crippen LogP contribution < -0.4 is 10.1 Å². The van der Waals surface area contributed by atoms with Gasteiger partial charge in [0.25, 0.3) is 0 Å². The number of benzene rings is 2. The molecule has 3 rings (SSSR count). The Morgan fingerprint density at radius 2 is 1.86 bits per heavy atom. The molecule has 0 bridgehead atoms. The Morgan fingerprint density at radius 3 is 2.68 bits per heavy atom. The van der Waals surface area contributed by atoms with Gasteiger partial charge in [-0.15, -0.1) is 6.58 Å². The summed E-state index contributed by atoms with van der Waals surface area (Å²) in [7, 11) is 1.65. The second kappa shape index (κ2) is 6.26. The fraction of sp³-hybridized carbons (Fsp3) is 0.111. The number of rotatable bonds is 5. The fourth-order valence-corrected chi connectivity index (χ4v) is 2.33. The maximum absolute atomic E-state index is 5.42. The minimum Gasteiger partial charge on any atom is -0.496 e. The third kappa shape index (κ3) is 2.63. The Hall–Kier alpha value is -2.88. The van der Waals surface area contributed by atoms with E-state index >= 15 is 0 Å². The number of ether oxygens (including phenoxy) is 1. The van der Waals surface area contributed by atoms with Gasteiger partial charge in [0.2, 0.25) is 0 Å². The molecule has 0 atom stereocenters. The molecule has 0 saturated heterocycles. The quantitative estimate of drug-likeness (QED) is 0.724. The van der Waals surface area contributed by atoms with Gasteiger partial charge in [-0.3, -0.25) is 0 Å². The van der Waals surface area contributed by atoms with E-state index in [0.717, 1.165) is 28.0 Å². The number of hydrogen-bond acceptors (Lipinski definition) is 4. The van der Waals surface area contributed by atoms with Crippen molar-refractivity contribution < 1.29 is 4.74 Å². The van der Waals surface area contributed by atoms with E-state index < -0.39 is 0 Å². The summed E-state index contributed by atoms with van der Waals surface area (Å²) >= 11 is 0. The number of fused-ring (bicyclic) bond motifs is 1. The van der Waals surface area contributed by atoms with Gasteiger partial charge in [0.05, 0.1) is 18.2 Å². The zero-order valence-corrected chi connectivity index (χ0v) is 12.4. The summed E-state index contributed by atoms with van der Waals surface area (Å²) in [6.07, 6.45) is 1.81. The smallest absolute Gasteiger partial charge is 0.165 e. The third-order valence-electron chi connectivity index (χ3n) is 3.36. The van der Waals surface area contributed by atoms with Crippen LogP contribution in [-0.4, -0.2) is 23.6 Å². The van der Waals surface area contributed by atoms with Crippen LogP contribution in [-0.2, 0) is 0 Å². The lowest BCUT2D eigenvalue weighted by Gasteiger charge is -2.11. The molecule has 0 saturated carbocycles. The molecule has 0 aliphatic carbocycles. The Kier molecular flexibility index (Phi) is 4.01. The fourth-order valence-electron chi connectivity index (χ4n) is 2.33. The zero-order chi connectivity index (χ0) is 15.4. The summed E-state index contributed by atoms with van der Waals surface area (Å²) in [6, 6.07) is 15.7. The maximum Gasteiger partial charge on any atom is 0.165 e. The average molecular weight is 291 g/mol. The summed E-state index contributed by atoms with van der Waals surface area (Å²) in [5.74, 6) is 2.20. The topological polar surface area (TPSA) is 47.0 Å². The highest BCUT2D eigenvalue weighted by Crippen LogP contribution is 2.30. The Labute approximate surface area is 129 Å². The lowest BCUT2D eigenvalue weighted by molar-refractivity contribution is 0.416. The SMILES string of the molecule is C=CCNc1nc(-c2ccccc2OC)nc2ccccc12. The molecule has 3 aromatic rings. The first kappa shape index (κ1) is 14.1. The minimum absolute atomic E-state index is 0.641. The van der Waals surface area contributed by atoms with E-state index in [9.17, 15) is 0 Å². The van der Waals surface area contributed by atoms with Gasteiger partial charge in [0, 0.05) is 11.9 Å². The lowest BCUT2D eigenvalue weighted by atomic mass is 10.1. The molecule has 0 fully saturated rings. The van der Waals surface area contributed by atoms with Crippen molar-refractivity contribution in [3.8, 4) is 17.1 Å². The van der Waals surface area contributed by atoms with Gasteiger partial charge >= 0.3 is 0 Å². The number of para-hydroxylation sites is 2. The van der Waals surface area contributed by atoms with Crippen molar-refractivity contribution in [1.82, 2.24) is 9.97 Å². The standard InChI is InChI=1S/C18H17N3O/c1-3-12-19-17-13-8-4-6-10-15(13)20-18(21-17)14-9-5-7-11-16(14)22-2/h3-11H,1,12H2,2H3,(H,19,20,21). The highest BCUT2D eigenvalue weighted by atomic mass is 16.5. The monoisotopic (exact) mass is 291 g/mol. The van der Waals surface area contributed by atoms with Crippen LogP contribution in [0.5, 0.6) is 5.75 Å². The molecule has 0 spiro atoms. The number of hydrogen-bond donors (Lipinski definition) is 1. The van der Waals surface area contributed by atoms with E-state index in [4.69, 9.17) is 4.74 Å². The van der Waals surface area contributed by atoms with Gasteiger partial charge in [-0.1, -0.05) is 30.3 Å². The number of methoxy groups -OCH3 is 1. The van der Waals surface area contributed by atoms with Crippen molar-refractivity contribution in [2.45, 2.75) is 0 Å². The van der Waals surface area contributed by atoms with Crippen LogP contribution >= 0.6 is 0 Å². The predicted molar refractivity (Wildman–Crippen MR) is 90.2 cm³/mol. The highest BCUT2D eigenvalue weighted by Gasteiger charge is 2.12. The highest BCUT2D eigenvalue weighted by molar-refractivity contribution is 5.90. The Balaban J connectivity index is 2.19. The first-order chi connectivity index (χ1) is 10.8. The first-order valence-electron chi connectivity index (χ1n) is 7.08. The molecule has 4 heteroatoms. The van der Waals surface area contributed by atoms with Crippen molar-refractivity contribution in [1.29, 1.82) is 0 Å². The van der Waals surface area contributed by atoms with Crippen molar-refractivity contribution in [3.05, 3.63) is 61.2 Å². The lowest BCUT2D eigenvalue weighted by Crippen LogP contribution is -2.04. The van der Waals surface area contributed by atoms with Gasteiger partial charge in [0.15, 0.2) is 5.82 Å². The first-order valence-corrected chi connectivity index (χ1v) is 7.08. The summed E-state index contributed by atoms with van der Waals surface area (Å²) in [6.45, 7) is 4.38. The maximum atomic E-state index is 5.42. The number of nitrogens with zero attached hydrogens (tertiary/aromatic N) is 2. The van der Waals surface area contributed by atoms with Crippen LogP contribution in [0.1, 0.15) is 0 Å². The van der Waals surface area contributed by atoms with Crippen LogP contribution in [0.3, 0.4) is 0 Å². The Morgan fingerprint density at radius 1 is 1.09 bits per heavy atom. The molecule has 0 radical (unpaired) electrons. The van der Waals surface area contributed by atoms with E-state index in [2.05, 4.69) is 21.9 Å². The second-order valence-corrected chi connectivity index (χ2v) is 4.78. The van der Waals surface area contributed by atoms with Gasteiger partial charge in [-0.2, -0.15) is 0 Å². The van der Waals surface area contributed by atoms with E-state index in [1.807, 2.05) is 48.5 Å². The molecule has 1 aromatic heterocycles. The van der Waals surface area contributed by atoms with Crippen molar-refractivity contribution in [2.24, 2.45) is 0 Å². The van der Waals surface area contributed by atoms with Crippen LogP contribution in [0.4, 0.5) is 5.82 Å². The van der Waals surface area contributed by atoms with E-state index in [1.54, 1.807) is 13.2 Å². The normalized spacial score (nSPS) is 10.4. The summed E-state index contributed by atoms with van der Waals surface area (Å²) in [5.41, 5.74) is 1.77. The van der Waals surface area contributed by atoms with Crippen molar-refractivity contribution >= 4 is 16.7 Å². The summed E-state index contributed by atoms with van der Waals surface area (Å²) in [4.78, 5) is 9.33. The average Bonchev–Trinajstić information content (AvgIpc) is 2.59. The second-order valence-electron chi connectivity index (χ2n) is 4.78. The third-order valence-corrected chi connectivity index (χ3v) is 3.36. The molecule has 110 valence electrons. The molecule has 0 aliphatic heterocycles. The predicted octanol–water partition coefficient (Wildman–Crippen LogP) is 3.90. The van der Waals surface area contributed by atoms with Gasteiger partial charge in [-0.05, 0) is 24.3 Å². The number of anilines is 1. The van der Waals surface area contributed by atoms with E-state index in [-0.39, 0.29) is 0 Å². The molecule has 4 nitrogen and oxygen atoms in total. The van der Waals surface area contributed by atoms with Gasteiger partial charge in [0.1, 0.15) is 11.6 Å². The molecule has 0 aliphatic rings. The summed E-state index contributed by atoms with van der Waals surface area (Å²) < 4.78 is 5.42. The molecule has 22 heavy (non-hydrogen) atoms. The van der Waals surface area contributed by atoms with Crippen LogP contribution in [0.25, 0.3) is 22.3 Å². The van der Waals surface area contributed by atoms with Crippen molar-refractivity contribution in [2.75, 3.05) is 19.0 Å². The Bertz CT molecular complexity index is 814. The van der Waals surface area contributed by atoms with Crippen molar-refractivity contribution in [3.63, 3.8) is 0 Å². The number of nitrogens with one attached hydrogen (secondary N) is 1. The molecule has 0 unspecified atom stereocenters. The van der Waals surface area contributed by atoms with Gasteiger partial charge < -0.3 is 10.1 Å². The number of aromatic nitrogens is 2. The van der Waals surface area contributed by atoms with Crippen LogP contribution in [0, 0.1) is 0 Å². The molecule has 0 amide bonds. The molecular weight excluding hydrogens is 274 g/mol. The van der Waals surface area contributed by atoms with Gasteiger partial charge in [-0.25, -0.2) is 9.97 Å². The molecule has 2 aromatic carbocycles. The van der Waals surface area contributed by atoms with E-state index in [0.29, 0.717) is 12.4 Å². The zero-order valence-electron chi connectivity index (χ0n) is 12.4.